The average Bonchev–Trinajstić information content (AvgIpc) is 2.42. The fraction of sp³-hybridized carbons (Fsp3) is 0.833. The zero-order valence-electron chi connectivity index (χ0n) is 11.5. The summed E-state index contributed by atoms with van der Waals surface area (Å²) in [5.74, 6) is -0.0852. The van der Waals surface area contributed by atoms with Gasteiger partial charge in [-0.2, -0.15) is 11.8 Å². The molecule has 110 valence electrons. The van der Waals surface area contributed by atoms with Crippen LogP contribution in [0.3, 0.4) is 0 Å². The van der Waals surface area contributed by atoms with Crippen molar-refractivity contribution in [1.29, 1.82) is 0 Å². The molecule has 0 aliphatic carbocycles. The molecule has 1 fully saturated rings. The van der Waals surface area contributed by atoms with Gasteiger partial charge in [0.1, 0.15) is 6.54 Å². The van der Waals surface area contributed by atoms with Gasteiger partial charge in [0.15, 0.2) is 0 Å². The number of carbonyl (C=O) groups excluding carboxylic acids is 1. The molecule has 1 atom stereocenters. The third kappa shape index (κ3) is 5.28. The van der Waals surface area contributed by atoms with Crippen molar-refractivity contribution in [3.63, 3.8) is 0 Å². The van der Waals surface area contributed by atoms with Crippen molar-refractivity contribution < 1.29 is 19.4 Å². The normalized spacial score (nSPS) is 19.3. The summed E-state index contributed by atoms with van der Waals surface area (Å²) in [6.45, 7) is 3.86. The second-order valence-corrected chi connectivity index (χ2v) is 5.85. The standard InChI is InChI=1S/C12H22N2O4S/c1-3-10-8-14(5-7-19-10)12(17)13(4-6-18-2)9-11(15)16/h10H,3-9H2,1-2H3,(H,15,16). The maximum absolute atomic E-state index is 12.3. The van der Waals surface area contributed by atoms with Gasteiger partial charge in [0, 0.05) is 37.7 Å². The Bertz CT molecular complexity index is 314. The third-order valence-corrected chi connectivity index (χ3v) is 4.40. The number of ether oxygens (including phenoxy) is 1. The van der Waals surface area contributed by atoms with Crippen molar-refractivity contribution in [3.05, 3.63) is 0 Å². The molecule has 7 heteroatoms. The van der Waals surface area contributed by atoms with Crippen LogP contribution in [-0.4, -0.2) is 77.8 Å². The number of hydrogen-bond donors (Lipinski definition) is 1. The molecule has 1 N–H and O–H groups in total. The highest BCUT2D eigenvalue weighted by Crippen LogP contribution is 2.21. The Kier molecular flexibility index (Phi) is 7.01. The summed E-state index contributed by atoms with van der Waals surface area (Å²) in [6, 6.07) is -0.196. The number of hydrogen-bond acceptors (Lipinski definition) is 4. The second-order valence-electron chi connectivity index (χ2n) is 4.44. The molecule has 2 amide bonds. The van der Waals surface area contributed by atoms with Gasteiger partial charge < -0.3 is 19.6 Å². The smallest absolute Gasteiger partial charge is 0.323 e. The predicted molar refractivity (Wildman–Crippen MR) is 74.6 cm³/mol. The highest BCUT2D eigenvalue weighted by atomic mass is 32.2. The first-order valence-corrected chi connectivity index (χ1v) is 7.49. The first kappa shape index (κ1) is 16.1. The minimum atomic E-state index is -0.997. The van der Waals surface area contributed by atoms with Crippen LogP contribution >= 0.6 is 11.8 Å². The van der Waals surface area contributed by atoms with Crippen molar-refractivity contribution in [1.82, 2.24) is 9.80 Å². The molecule has 0 aromatic heterocycles. The largest absolute Gasteiger partial charge is 0.480 e. The van der Waals surface area contributed by atoms with E-state index < -0.39 is 5.97 Å². The van der Waals surface area contributed by atoms with Gasteiger partial charge in [-0.15, -0.1) is 0 Å². The summed E-state index contributed by atoms with van der Waals surface area (Å²) >= 11 is 1.87. The lowest BCUT2D eigenvalue weighted by Gasteiger charge is -2.35. The highest BCUT2D eigenvalue weighted by Gasteiger charge is 2.27. The van der Waals surface area contributed by atoms with Gasteiger partial charge in [0.25, 0.3) is 0 Å². The van der Waals surface area contributed by atoms with Crippen molar-refractivity contribution in [2.24, 2.45) is 0 Å². The summed E-state index contributed by atoms with van der Waals surface area (Å²) in [5, 5.41) is 9.32. The summed E-state index contributed by atoms with van der Waals surface area (Å²) in [5.41, 5.74) is 0. The first-order valence-electron chi connectivity index (χ1n) is 6.44. The minimum absolute atomic E-state index is 0.196. The Morgan fingerprint density at radius 3 is 2.84 bits per heavy atom. The quantitative estimate of drug-likeness (QED) is 0.789. The molecule has 1 aliphatic heterocycles. The van der Waals surface area contributed by atoms with Gasteiger partial charge in [0.05, 0.1) is 6.61 Å². The molecule has 0 aromatic rings. The predicted octanol–water partition coefficient (Wildman–Crippen LogP) is 0.967. The number of carboxylic acid groups (broad SMARTS) is 1. The minimum Gasteiger partial charge on any atom is -0.480 e. The maximum atomic E-state index is 12.3. The molecule has 1 heterocycles. The van der Waals surface area contributed by atoms with Crippen LogP contribution in [0.2, 0.25) is 0 Å². The molecular formula is C12H22N2O4S. The van der Waals surface area contributed by atoms with E-state index >= 15 is 0 Å². The molecule has 0 saturated carbocycles. The van der Waals surface area contributed by atoms with Crippen molar-refractivity contribution in [2.75, 3.05) is 45.6 Å². The summed E-state index contributed by atoms with van der Waals surface area (Å²) in [7, 11) is 1.54. The molecule has 0 bridgehead atoms. The Morgan fingerprint density at radius 2 is 2.26 bits per heavy atom. The van der Waals surface area contributed by atoms with E-state index in [1.54, 1.807) is 4.90 Å². The lowest BCUT2D eigenvalue weighted by molar-refractivity contribution is -0.137. The number of carboxylic acids is 1. The maximum Gasteiger partial charge on any atom is 0.323 e. The summed E-state index contributed by atoms with van der Waals surface area (Å²) < 4.78 is 4.92. The van der Waals surface area contributed by atoms with Crippen LogP contribution in [0.15, 0.2) is 0 Å². The first-order chi connectivity index (χ1) is 9.08. The van der Waals surface area contributed by atoms with Crippen LogP contribution in [-0.2, 0) is 9.53 Å². The van der Waals surface area contributed by atoms with Gasteiger partial charge in [0.2, 0.25) is 0 Å². The Morgan fingerprint density at radius 1 is 1.53 bits per heavy atom. The Labute approximate surface area is 118 Å². The fourth-order valence-electron chi connectivity index (χ4n) is 1.95. The Hall–Kier alpha value is -0.950. The van der Waals surface area contributed by atoms with E-state index in [1.165, 1.54) is 12.0 Å². The zero-order valence-corrected chi connectivity index (χ0v) is 12.3. The third-order valence-electron chi connectivity index (χ3n) is 3.03. The molecule has 0 spiro atoms. The van der Waals surface area contributed by atoms with Gasteiger partial charge >= 0.3 is 12.0 Å². The number of thioether (sulfide) groups is 1. The number of nitrogens with zero attached hydrogens (tertiary/aromatic N) is 2. The van der Waals surface area contributed by atoms with Crippen molar-refractivity contribution in [3.8, 4) is 0 Å². The van der Waals surface area contributed by atoms with E-state index in [4.69, 9.17) is 9.84 Å². The summed E-state index contributed by atoms with van der Waals surface area (Å²) in [4.78, 5) is 26.2. The van der Waals surface area contributed by atoms with Gasteiger partial charge in [-0.1, -0.05) is 6.92 Å². The second kappa shape index (κ2) is 8.27. The number of urea groups is 1. The van der Waals surface area contributed by atoms with Gasteiger partial charge in [-0.05, 0) is 6.42 Å². The number of amides is 2. The van der Waals surface area contributed by atoms with E-state index in [-0.39, 0.29) is 12.6 Å². The van der Waals surface area contributed by atoms with Crippen LogP contribution in [0.1, 0.15) is 13.3 Å². The number of carbonyl (C=O) groups is 2. The van der Waals surface area contributed by atoms with Gasteiger partial charge in [-0.3, -0.25) is 4.79 Å². The van der Waals surface area contributed by atoms with E-state index in [0.717, 1.165) is 12.2 Å². The lowest BCUT2D eigenvalue weighted by Crippen LogP contribution is -2.50. The molecule has 6 nitrogen and oxygen atoms in total. The van der Waals surface area contributed by atoms with Gasteiger partial charge in [-0.25, -0.2) is 4.79 Å². The van der Waals surface area contributed by atoms with E-state index in [9.17, 15) is 9.59 Å². The van der Waals surface area contributed by atoms with Crippen LogP contribution in [0.5, 0.6) is 0 Å². The Balaban J connectivity index is 2.60. The van der Waals surface area contributed by atoms with Crippen molar-refractivity contribution in [2.45, 2.75) is 18.6 Å². The zero-order chi connectivity index (χ0) is 14.3. The lowest BCUT2D eigenvalue weighted by atomic mass is 10.3. The molecular weight excluding hydrogens is 268 g/mol. The SMILES string of the molecule is CCC1CN(C(=O)N(CCOC)CC(=O)O)CCS1. The molecule has 0 radical (unpaired) electrons. The molecule has 0 aromatic carbocycles. The average molecular weight is 290 g/mol. The molecule has 19 heavy (non-hydrogen) atoms. The molecule has 1 rings (SSSR count). The van der Waals surface area contributed by atoms with E-state index in [0.29, 0.717) is 31.5 Å². The number of rotatable bonds is 6. The van der Waals surface area contributed by atoms with Crippen LogP contribution in [0.25, 0.3) is 0 Å². The van der Waals surface area contributed by atoms with Crippen LogP contribution < -0.4 is 0 Å². The highest BCUT2D eigenvalue weighted by molar-refractivity contribution is 8.00. The van der Waals surface area contributed by atoms with E-state index in [1.807, 2.05) is 11.8 Å². The summed E-state index contributed by atoms with van der Waals surface area (Å²) in [6.07, 6.45) is 1.02. The molecule has 1 aliphatic rings. The molecule has 1 unspecified atom stereocenters. The number of methoxy groups -OCH3 is 1. The van der Waals surface area contributed by atoms with Crippen LogP contribution in [0.4, 0.5) is 4.79 Å². The van der Waals surface area contributed by atoms with Crippen LogP contribution in [0, 0.1) is 0 Å². The topological polar surface area (TPSA) is 70.1 Å². The van der Waals surface area contributed by atoms with Crippen molar-refractivity contribution >= 4 is 23.8 Å². The fourth-order valence-corrected chi connectivity index (χ4v) is 3.13. The van der Waals surface area contributed by atoms with E-state index in [2.05, 4.69) is 6.92 Å². The molecule has 1 saturated heterocycles. The number of aliphatic carboxylic acids is 1. The monoisotopic (exact) mass is 290 g/mol.